The lowest BCUT2D eigenvalue weighted by Crippen LogP contribution is -2.48. The number of carbonyl (C=O) groups is 2. The second-order valence-electron chi connectivity index (χ2n) is 7.79. The van der Waals surface area contributed by atoms with Gasteiger partial charge in [-0.15, -0.1) is 0 Å². The molecular formula is C20H29NO3. The molecule has 0 saturated carbocycles. The van der Waals surface area contributed by atoms with Gasteiger partial charge in [-0.3, -0.25) is 0 Å². The minimum absolute atomic E-state index is 0.287. The lowest BCUT2D eigenvalue weighted by atomic mass is 9.64. The zero-order chi connectivity index (χ0) is 17.8. The normalized spacial score (nSPS) is 21.5. The first-order valence-corrected chi connectivity index (χ1v) is 8.79. The van der Waals surface area contributed by atoms with Crippen molar-refractivity contribution in [1.29, 1.82) is 0 Å². The zero-order valence-electron chi connectivity index (χ0n) is 15.2. The largest absolute Gasteiger partial charge is 0.446 e. The predicted octanol–water partition coefficient (Wildman–Crippen LogP) is 4.15. The molecule has 132 valence electrons. The summed E-state index contributed by atoms with van der Waals surface area (Å²) < 4.78 is 5.76. The molecule has 0 aromatic heterocycles. The molecule has 2 rings (SSSR count). The molecule has 1 aromatic rings. The quantitative estimate of drug-likeness (QED) is 0.825. The maximum absolute atomic E-state index is 12.2. The number of benzene rings is 1. The Morgan fingerprint density at radius 3 is 2.75 bits per heavy atom. The van der Waals surface area contributed by atoms with E-state index in [0.717, 1.165) is 25.5 Å². The average Bonchev–Trinajstić information content (AvgIpc) is 2.50. The molecule has 2 atom stereocenters. The van der Waals surface area contributed by atoms with Crippen LogP contribution in [0.25, 0.3) is 0 Å². The first-order valence-electron chi connectivity index (χ1n) is 8.79. The van der Waals surface area contributed by atoms with Crippen LogP contribution in [0.4, 0.5) is 4.79 Å². The fourth-order valence-corrected chi connectivity index (χ4v) is 3.76. The Balaban J connectivity index is 2.28. The molecule has 0 spiro atoms. The Kier molecular flexibility index (Phi) is 5.68. The van der Waals surface area contributed by atoms with Crippen LogP contribution in [-0.2, 0) is 21.4 Å². The molecule has 0 saturated heterocycles. The van der Waals surface area contributed by atoms with Gasteiger partial charge in [0.2, 0.25) is 0 Å². The van der Waals surface area contributed by atoms with Crippen molar-refractivity contribution in [1.82, 2.24) is 5.32 Å². The van der Waals surface area contributed by atoms with Gasteiger partial charge in [-0.25, -0.2) is 4.79 Å². The first-order chi connectivity index (χ1) is 11.3. The molecule has 1 aliphatic rings. The minimum Gasteiger partial charge on any atom is -0.446 e. The van der Waals surface area contributed by atoms with E-state index < -0.39 is 6.09 Å². The first kappa shape index (κ1) is 18.5. The maximum Gasteiger partial charge on any atom is 0.407 e. The van der Waals surface area contributed by atoms with Gasteiger partial charge < -0.3 is 14.8 Å². The SMILES string of the molecule is CC(OC(=O)NC(C)(C)C)C1(CCC=O)CCCc2ccccc21. The second kappa shape index (κ2) is 7.37. The molecule has 0 heterocycles. The number of amides is 1. The molecule has 4 nitrogen and oxygen atoms in total. The van der Waals surface area contributed by atoms with Crippen molar-refractivity contribution >= 4 is 12.4 Å². The van der Waals surface area contributed by atoms with E-state index in [1.807, 2.05) is 39.8 Å². The van der Waals surface area contributed by atoms with Gasteiger partial charge in [0.1, 0.15) is 12.4 Å². The van der Waals surface area contributed by atoms with Crippen LogP contribution in [0.2, 0.25) is 0 Å². The smallest absolute Gasteiger partial charge is 0.407 e. The molecule has 1 aromatic carbocycles. The van der Waals surface area contributed by atoms with Crippen molar-refractivity contribution < 1.29 is 14.3 Å². The standard InChI is InChI=1S/C20H29NO3/c1-15(24-18(23)21-19(2,3)4)20(13-8-14-22)12-7-10-16-9-5-6-11-17(16)20/h5-6,9,11,14-15H,7-8,10,12-13H2,1-4H3,(H,21,23). The van der Waals surface area contributed by atoms with E-state index in [4.69, 9.17) is 4.74 Å². The lowest BCUT2D eigenvalue weighted by Gasteiger charge is -2.43. The van der Waals surface area contributed by atoms with Crippen molar-refractivity contribution in [3.05, 3.63) is 35.4 Å². The van der Waals surface area contributed by atoms with Crippen LogP contribution >= 0.6 is 0 Å². The summed E-state index contributed by atoms with van der Waals surface area (Å²) in [7, 11) is 0. The van der Waals surface area contributed by atoms with E-state index in [9.17, 15) is 9.59 Å². The van der Waals surface area contributed by atoms with Gasteiger partial charge in [0.25, 0.3) is 0 Å². The molecule has 24 heavy (non-hydrogen) atoms. The molecule has 0 fully saturated rings. The number of aldehydes is 1. The van der Waals surface area contributed by atoms with E-state index in [0.29, 0.717) is 12.8 Å². The van der Waals surface area contributed by atoms with Crippen molar-refractivity contribution in [2.24, 2.45) is 0 Å². The van der Waals surface area contributed by atoms with E-state index in [1.54, 1.807) is 0 Å². The number of alkyl carbamates (subject to hydrolysis) is 1. The van der Waals surface area contributed by atoms with Gasteiger partial charge in [0.05, 0.1) is 0 Å². The van der Waals surface area contributed by atoms with Gasteiger partial charge in [0, 0.05) is 17.4 Å². The third-order valence-corrected chi connectivity index (χ3v) is 4.87. The summed E-state index contributed by atoms with van der Waals surface area (Å²) in [4.78, 5) is 23.3. The van der Waals surface area contributed by atoms with Crippen LogP contribution in [0.3, 0.4) is 0 Å². The molecule has 0 radical (unpaired) electrons. The topological polar surface area (TPSA) is 55.4 Å². The van der Waals surface area contributed by atoms with E-state index in [-0.39, 0.29) is 17.1 Å². The molecule has 1 aliphatic carbocycles. The number of carbonyl (C=O) groups excluding carboxylic acids is 2. The number of fused-ring (bicyclic) bond motifs is 1. The molecular weight excluding hydrogens is 302 g/mol. The summed E-state index contributed by atoms with van der Waals surface area (Å²) in [6.45, 7) is 7.74. The number of ether oxygens (including phenoxy) is 1. The molecule has 0 bridgehead atoms. The second-order valence-corrected chi connectivity index (χ2v) is 7.79. The summed E-state index contributed by atoms with van der Waals surface area (Å²) in [6.07, 6.45) is 4.47. The maximum atomic E-state index is 12.2. The third kappa shape index (κ3) is 4.16. The van der Waals surface area contributed by atoms with Crippen molar-refractivity contribution in [3.8, 4) is 0 Å². The van der Waals surface area contributed by atoms with Crippen LogP contribution in [-0.4, -0.2) is 24.0 Å². The molecule has 4 heteroatoms. The number of rotatable bonds is 5. The van der Waals surface area contributed by atoms with Crippen LogP contribution in [0.1, 0.15) is 64.5 Å². The highest BCUT2D eigenvalue weighted by atomic mass is 16.6. The van der Waals surface area contributed by atoms with E-state index in [1.165, 1.54) is 11.1 Å². The van der Waals surface area contributed by atoms with Gasteiger partial charge in [-0.2, -0.15) is 0 Å². The Morgan fingerprint density at radius 2 is 2.08 bits per heavy atom. The number of hydrogen-bond acceptors (Lipinski definition) is 3. The van der Waals surface area contributed by atoms with E-state index >= 15 is 0 Å². The molecule has 1 N–H and O–H groups in total. The fourth-order valence-electron chi connectivity index (χ4n) is 3.76. The Hall–Kier alpha value is -1.84. The highest BCUT2D eigenvalue weighted by Gasteiger charge is 2.43. The van der Waals surface area contributed by atoms with Crippen molar-refractivity contribution in [2.45, 2.75) is 76.9 Å². The Morgan fingerprint density at radius 1 is 1.38 bits per heavy atom. The lowest BCUT2D eigenvalue weighted by molar-refractivity contribution is -0.108. The van der Waals surface area contributed by atoms with E-state index in [2.05, 4.69) is 17.4 Å². The van der Waals surface area contributed by atoms with Crippen LogP contribution in [0.5, 0.6) is 0 Å². The Bertz CT molecular complexity index is 591. The summed E-state index contributed by atoms with van der Waals surface area (Å²) in [5.41, 5.74) is 1.91. The third-order valence-electron chi connectivity index (χ3n) is 4.87. The molecule has 1 amide bonds. The van der Waals surface area contributed by atoms with Gasteiger partial charge >= 0.3 is 6.09 Å². The summed E-state index contributed by atoms with van der Waals surface area (Å²) >= 11 is 0. The van der Waals surface area contributed by atoms with Crippen LogP contribution < -0.4 is 5.32 Å². The summed E-state index contributed by atoms with van der Waals surface area (Å²) in [5.74, 6) is 0. The number of nitrogens with one attached hydrogen (secondary N) is 1. The van der Waals surface area contributed by atoms with Gasteiger partial charge in [0.15, 0.2) is 0 Å². The van der Waals surface area contributed by atoms with Crippen LogP contribution in [0.15, 0.2) is 24.3 Å². The highest BCUT2D eigenvalue weighted by Crippen LogP contribution is 2.44. The zero-order valence-corrected chi connectivity index (χ0v) is 15.2. The minimum atomic E-state index is -0.400. The fraction of sp³-hybridized carbons (Fsp3) is 0.600. The molecule has 2 unspecified atom stereocenters. The summed E-state index contributed by atoms with van der Waals surface area (Å²) in [5, 5.41) is 2.86. The Labute approximate surface area is 145 Å². The van der Waals surface area contributed by atoms with Crippen molar-refractivity contribution in [2.75, 3.05) is 0 Å². The predicted molar refractivity (Wildman–Crippen MR) is 95.2 cm³/mol. The number of aryl methyl sites for hydroxylation is 1. The monoisotopic (exact) mass is 331 g/mol. The van der Waals surface area contributed by atoms with Gasteiger partial charge in [-0.1, -0.05) is 24.3 Å². The van der Waals surface area contributed by atoms with Crippen molar-refractivity contribution in [3.63, 3.8) is 0 Å². The highest BCUT2D eigenvalue weighted by molar-refractivity contribution is 5.68. The molecule has 0 aliphatic heterocycles. The number of hydrogen-bond donors (Lipinski definition) is 1. The average molecular weight is 331 g/mol. The summed E-state index contributed by atoms with van der Waals surface area (Å²) in [6, 6.07) is 8.35. The van der Waals surface area contributed by atoms with Crippen LogP contribution in [0, 0.1) is 0 Å². The van der Waals surface area contributed by atoms with Gasteiger partial charge in [-0.05, 0) is 64.5 Å².